The molecule has 0 bridgehead atoms. The third-order valence-corrected chi connectivity index (χ3v) is 5.29. The number of rotatable bonds is 13. The molecule has 3 aromatic rings. The Kier molecular flexibility index (Phi) is 10.7. The van der Waals surface area contributed by atoms with Crippen molar-refractivity contribution in [3.8, 4) is 17.6 Å². The highest BCUT2D eigenvalue weighted by Gasteiger charge is 2.29. The number of aliphatic hydroxyl groups excluding tert-OH is 1. The van der Waals surface area contributed by atoms with E-state index in [0.717, 1.165) is 6.08 Å². The van der Waals surface area contributed by atoms with Crippen molar-refractivity contribution >= 4 is 17.7 Å². The maximum atomic E-state index is 13.0. The molecule has 0 unspecified atom stereocenters. The summed E-state index contributed by atoms with van der Waals surface area (Å²) in [6.07, 6.45) is 0.884. The van der Waals surface area contributed by atoms with Gasteiger partial charge in [-0.05, 0) is 66.9 Å². The molecule has 0 aliphatic rings. The zero-order valence-corrected chi connectivity index (χ0v) is 20.5. The molecule has 0 aliphatic carbocycles. The van der Waals surface area contributed by atoms with Crippen LogP contribution in [0, 0.1) is 11.3 Å². The van der Waals surface area contributed by atoms with Crippen LogP contribution in [0.3, 0.4) is 0 Å². The smallest absolute Gasteiger partial charge is 0.412 e. The molecule has 0 saturated carbocycles. The Morgan fingerprint density at radius 2 is 1.74 bits per heavy atom. The van der Waals surface area contributed by atoms with E-state index in [9.17, 15) is 9.59 Å². The van der Waals surface area contributed by atoms with E-state index in [1.165, 1.54) is 6.08 Å². The third kappa shape index (κ3) is 9.00. The van der Waals surface area contributed by atoms with Gasteiger partial charge in [0, 0.05) is 11.8 Å². The number of hydrogen-bond donors (Lipinski definition) is 3. The summed E-state index contributed by atoms with van der Waals surface area (Å²) in [7, 11) is 0. The number of hydrogen-bond acceptors (Lipinski definition) is 7. The average molecular weight is 517 g/mol. The van der Waals surface area contributed by atoms with Gasteiger partial charge in [-0.1, -0.05) is 36.4 Å². The molecule has 3 N–H and O–H groups in total. The Bertz CT molecular complexity index is 1250. The lowest BCUT2D eigenvalue weighted by atomic mass is 9.99. The molecule has 3 rings (SSSR count). The Hall–Kier alpha value is -4.81. The number of para-hydroxylation sites is 1. The molecular formula is C29H28N2O7. The van der Waals surface area contributed by atoms with Gasteiger partial charge in [-0.25, -0.2) is 9.59 Å². The van der Waals surface area contributed by atoms with Gasteiger partial charge in [-0.15, -0.1) is 0 Å². The molecule has 3 aromatic carbocycles. The van der Waals surface area contributed by atoms with Gasteiger partial charge in [0.25, 0.3) is 0 Å². The zero-order valence-electron chi connectivity index (χ0n) is 20.5. The fraction of sp³-hybridized carbons (Fsp3) is 0.207. The van der Waals surface area contributed by atoms with Gasteiger partial charge in [0.2, 0.25) is 0 Å². The number of aliphatic carboxylic acids is 1. The number of ether oxygens (including phenoxy) is 3. The molecule has 0 saturated heterocycles. The highest BCUT2D eigenvalue weighted by molar-refractivity contribution is 5.84. The summed E-state index contributed by atoms with van der Waals surface area (Å²) in [5, 5.41) is 29.7. The largest absolute Gasteiger partial charge is 0.491 e. The summed E-state index contributed by atoms with van der Waals surface area (Å²) >= 11 is 0. The lowest BCUT2D eigenvalue weighted by molar-refractivity contribution is -0.131. The maximum absolute atomic E-state index is 13.0. The van der Waals surface area contributed by atoms with Crippen LogP contribution in [0.1, 0.15) is 30.1 Å². The van der Waals surface area contributed by atoms with Crippen molar-refractivity contribution in [2.45, 2.75) is 25.0 Å². The van der Waals surface area contributed by atoms with E-state index in [4.69, 9.17) is 29.7 Å². The molecular weight excluding hydrogens is 488 g/mol. The molecule has 0 aromatic heterocycles. The third-order valence-electron chi connectivity index (χ3n) is 5.29. The van der Waals surface area contributed by atoms with Crippen molar-refractivity contribution in [3.63, 3.8) is 0 Å². The topological polar surface area (TPSA) is 138 Å². The first kappa shape index (κ1) is 27.8. The van der Waals surface area contributed by atoms with Crippen molar-refractivity contribution in [1.82, 2.24) is 0 Å². The standard InChI is InChI=1S/C29H28N2O7/c30-20-21-13-15-23(16-14-21)31-29(35)38-28(22-7-6-10-25(19-22)36-18-17-32)26(11-4-5-12-27(33)34)37-24-8-2-1-3-9-24/h1-3,5-10,12-16,19,26,28,32H,4,11,17-18H2,(H,31,35)(H,33,34)/b12-5+/t26-,28-/m1/s1. The van der Waals surface area contributed by atoms with E-state index >= 15 is 0 Å². The number of nitrogens with one attached hydrogen (secondary N) is 1. The number of amides is 1. The minimum Gasteiger partial charge on any atom is -0.491 e. The van der Waals surface area contributed by atoms with Gasteiger partial charge in [0.1, 0.15) is 24.2 Å². The number of anilines is 1. The summed E-state index contributed by atoms with van der Waals surface area (Å²) in [6, 6.07) is 24.3. The molecule has 0 radical (unpaired) electrons. The number of carboxylic acid groups (broad SMARTS) is 1. The first-order valence-electron chi connectivity index (χ1n) is 11.9. The second kappa shape index (κ2) is 14.7. The number of allylic oxidation sites excluding steroid dienone is 1. The van der Waals surface area contributed by atoms with Crippen molar-refractivity contribution in [2.75, 3.05) is 18.5 Å². The van der Waals surface area contributed by atoms with Crippen LogP contribution in [-0.2, 0) is 9.53 Å². The summed E-state index contributed by atoms with van der Waals surface area (Å²) in [5.41, 5.74) is 1.48. The number of carboxylic acids is 1. The van der Waals surface area contributed by atoms with Gasteiger partial charge >= 0.3 is 12.1 Å². The van der Waals surface area contributed by atoms with E-state index in [2.05, 4.69) is 5.32 Å². The fourth-order valence-corrected chi connectivity index (χ4v) is 3.58. The van der Waals surface area contributed by atoms with Crippen molar-refractivity contribution in [2.24, 2.45) is 0 Å². The van der Waals surface area contributed by atoms with Crippen LogP contribution in [0.4, 0.5) is 10.5 Å². The summed E-state index contributed by atoms with van der Waals surface area (Å²) in [4.78, 5) is 23.9. The summed E-state index contributed by atoms with van der Waals surface area (Å²) < 4.78 is 17.7. The predicted octanol–water partition coefficient (Wildman–Crippen LogP) is 5.09. The molecule has 0 heterocycles. The van der Waals surface area contributed by atoms with E-state index in [0.29, 0.717) is 41.2 Å². The number of carbonyl (C=O) groups is 2. The van der Waals surface area contributed by atoms with E-state index < -0.39 is 24.3 Å². The van der Waals surface area contributed by atoms with E-state index in [1.54, 1.807) is 60.7 Å². The molecule has 38 heavy (non-hydrogen) atoms. The van der Waals surface area contributed by atoms with Crippen LogP contribution in [0.2, 0.25) is 0 Å². The molecule has 9 nitrogen and oxygen atoms in total. The highest BCUT2D eigenvalue weighted by atomic mass is 16.6. The highest BCUT2D eigenvalue weighted by Crippen LogP contribution is 2.31. The zero-order chi connectivity index (χ0) is 27.2. The SMILES string of the molecule is N#Cc1ccc(NC(=O)O[C@H](c2cccc(OCCO)c2)[C@@H](CC/C=C/C(=O)O)Oc2ccccc2)cc1. The Balaban J connectivity index is 1.91. The van der Waals surface area contributed by atoms with Crippen molar-refractivity contribution < 1.29 is 34.0 Å². The van der Waals surface area contributed by atoms with E-state index in [1.807, 2.05) is 24.3 Å². The second-order valence-corrected chi connectivity index (χ2v) is 8.07. The Morgan fingerprint density at radius 3 is 2.42 bits per heavy atom. The first-order chi connectivity index (χ1) is 18.5. The minimum atomic E-state index is -1.06. The van der Waals surface area contributed by atoms with Crippen LogP contribution < -0.4 is 14.8 Å². The van der Waals surface area contributed by atoms with Gasteiger partial charge in [0.15, 0.2) is 6.10 Å². The lowest BCUT2D eigenvalue weighted by Gasteiger charge is -2.28. The normalized spacial score (nSPS) is 12.2. The lowest BCUT2D eigenvalue weighted by Crippen LogP contribution is -2.31. The number of benzene rings is 3. The maximum Gasteiger partial charge on any atom is 0.412 e. The molecule has 0 aliphatic heterocycles. The first-order valence-corrected chi connectivity index (χ1v) is 11.9. The molecule has 0 fully saturated rings. The average Bonchev–Trinajstić information content (AvgIpc) is 2.93. The van der Waals surface area contributed by atoms with Crippen LogP contribution in [-0.4, -0.2) is 41.6 Å². The van der Waals surface area contributed by atoms with Crippen molar-refractivity contribution in [1.29, 1.82) is 5.26 Å². The quantitative estimate of drug-likeness (QED) is 0.267. The van der Waals surface area contributed by atoms with Gasteiger partial charge in [-0.3, -0.25) is 5.32 Å². The number of nitrogens with zero attached hydrogens (tertiary/aromatic N) is 1. The van der Waals surface area contributed by atoms with Crippen LogP contribution in [0.5, 0.6) is 11.5 Å². The van der Waals surface area contributed by atoms with Crippen LogP contribution >= 0.6 is 0 Å². The van der Waals surface area contributed by atoms with E-state index in [-0.39, 0.29) is 13.2 Å². The Labute approximate surface area is 220 Å². The number of nitriles is 1. The van der Waals surface area contributed by atoms with Crippen molar-refractivity contribution in [3.05, 3.63) is 102 Å². The molecule has 0 spiro atoms. The molecule has 196 valence electrons. The molecule has 9 heteroatoms. The summed E-state index contributed by atoms with van der Waals surface area (Å²) in [5.74, 6) is -0.0377. The predicted molar refractivity (Wildman–Crippen MR) is 140 cm³/mol. The second-order valence-electron chi connectivity index (χ2n) is 8.07. The van der Waals surface area contributed by atoms with Crippen LogP contribution in [0.15, 0.2) is 91.0 Å². The van der Waals surface area contributed by atoms with Crippen LogP contribution in [0.25, 0.3) is 0 Å². The van der Waals surface area contributed by atoms with Gasteiger partial charge in [0.05, 0.1) is 18.2 Å². The molecule has 2 atom stereocenters. The fourth-order valence-electron chi connectivity index (χ4n) is 3.58. The Morgan fingerprint density at radius 1 is 1.00 bits per heavy atom. The van der Waals surface area contributed by atoms with Gasteiger partial charge in [-0.2, -0.15) is 5.26 Å². The summed E-state index contributed by atoms with van der Waals surface area (Å²) in [6.45, 7) is -0.0646. The monoisotopic (exact) mass is 516 g/mol. The number of aliphatic hydroxyl groups is 1. The van der Waals surface area contributed by atoms with Gasteiger partial charge < -0.3 is 24.4 Å². The number of carbonyl (C=O) groups excluding carboxylic acids is 1. The minimum absolute atomic E-state index is 0.0953. The molecule has 1 amide bonds.